The van der Waals surface area contributed by atoms with Gasteiger partial charge in [-0.25, -0.2) is 0 Å². The van der Waals surface area contributed by atoms with Gasteiger partial charge in [-0.2, -0.15) is 8.42 Å². The van der Waals surface area contributed by atoms with Crippen LogP contribution in [0.25, 0.3) is 0 Å². The van der Waals surface area contributed by atoms with Crippen molar-refractivity contribution in [3.8, 4) is 0 Å². The quantitative estimate of drug-likeness (QED) is 0.695. The number of ether oxygens (including phenoxy) is 1. The van der Waals surface area contributed by atoms with E-state index in [0.29, 0.717) is 6.42 Å². The van der Waals surface area contributed by atoms with Gasteiger partial charge in [-0.3, -0.25) is 0 Å². The highest BCUT2D eigenvalue weighted by Gasteiger charge is 2.63. The summed E-state index contributed by atoms with van der Waals surface area (Å²) in [6.07, 6.45) is 6.19. The zero-order valence-corrected chi connectivity index (χ0v) is 14.8. The maximum absolute atomic E-state index is 11.4. The summed E-state index contributed by atoms with van der Waals surface area (Å²) in [5, 5.41) is 0.743. The van der Waals surface area contributed by atoms with Crippen molar-refractivity contribution in [3.05, 3.63) is 34.3 Å². The molecule has 1 aromatic rings. The molecule has 0 spiro atoms. The lowest BCUT2D eigenvalue weighted by Crippen LogP contribution is -2.54. The topological polar surface area (TPSA) is 55.7 Å². The number of rotatable bonds is 1. The van der Waals surface area contributed by atoms with Gasteiger partial charge in [-0.05, 0) is 49.3 Å². The third-order valence-corrected chi connectivity index (χ3v) is 6.60. The Morgan fingerprint density at radius 2 is 1.96 bits per heavy atom. The number of hydrogen-bond acceptors (Lipinski definition) is 3. The van der Waals surface area contributed by atoms with Gasteiger partial charge in [0.05, 0.1) is 0 Å². The minimum absolute atomic E-state index is 0.231. The summed E-state index contributed by atoms with van der Waals surface area (Å²) in [5.74, 6) is 0.231. The first-order valence-corrected chi connectivity index (χ1v) is 10.5. The Morgan fingerprint density at radius 3 is 2.74 bits per heavy atom. The van der Waals surface area contributed by atoms with E-state index in [1.54, 1.807) is 0 Å². The number of benzene rings is 1. The summed E-state index contributed by atoms with van der Waals surface area (Å²) in [7, 11) is 1.33. The largest absolute Gasteiger partial charge is 0.473 e. The fraction of sp³-hybridized carbons (Fsp3) is 0.562. The molecule has 1 aromatic carbocycles. The lowest BCUT2D eigenvalue weighted by atomic mass is 9.54. The van der Waals surface area contributed by atoms with Crippen LogP contribution >= 0.6 is 22.3 Å². The zero-order chi connectivity index (χ0) is 16.3. The molecular weight excluding hydrogens is 357 g/mol. The second-order valence-corrected chi connectivity index (χ2v) is 9.32. The van der Waals surface area contributed by atoms with Gasteiger partial charge in [0.25, 0.3) is 0 Å². The van der Waals surface area contributed by atoms with Crippen LogP contribution in [0.1, 0.15) is 49.7 Å². The molecule has 2 fully saturated rings. The molecule has 4 nitrogen and oxygen atoms in total. The molecule has 2 atom stereocenters. The summed E-state index contributed by atoms with van der Waals surface area (Å²) in [4.78, 5) is 0. The standard InChI is InChI=1S/C16H17Cl2NO3S/c17-12-5-3-4-11-6-9-16-8-2-1-7-15(16,14(11)12)10-13(22-16)19-23(18,20)21/h3-5H,1-2,6-10H2/b19-13-. The van der Waals surface area contributed by atoms with Crippen LogP contribution in [0.3, 0.4) is 0 Å². The van der Waals surface area contributed by atoms with Crippen molar-refractivity contribution in [2.45, 2.75) is 56.0 Å². The molecule has 1 heterocycles. The molecule has 23 heavy (non-hydrogen) atoms. The molecule has 7 heteroatoms. The molecule has 1 aliphatic heterocycles. The van der Waals surface area contributed by atoms with E-state index in [4.69, 9.17) is 27.0 Å². The van der Waals surface area contributed by atoms with E-state index >= 15 is 0 Å². The summed E-state index contributed by atoms with van der Waals surface area (Å²) in [5.41, 5.74) is 1.69. The van der Waals surface area contributed by atoms with Crippen molar-refractivity contribution < 1.29 is 13.2 Å². The molecular formula is C16H17Cl2NO3S. The minimum atomic E-state index is -3.99. The van der Waals surface area contributed by atoms with Crippen molar-refractivity contribution in [3.63, 3.8) is 0 Å². The third kappa shape index (κ3) is 2.31. The second kappa shape index (κ2) is 5.11. The Hall–Kier alpha value is -0.780. The Balaban J connectivity index is 1.93. The molecule has 2 unspecified atom stereocenters. The van der Waals surface area contributed by atoms with E-state index in [1.165, 1.54) is 5.56 Å². The van der Waals surface area contributed by atoms with Gasteiger partial charge in [0, 0.05) is 27.5 Å². The molecule has 1 saturated carbocycles. The van der Waals surface area contributed by atoms with Crippen LogP contribution in [0.4, 0.5) is 0 Å². The van der Waals surface area contributed by atoms with Crippen LogP contribution < -0.4 is 0 Å². The number of hydrogen-bond donors (Lipinski definition) is 0. The van der Waals surface area contributed by atoms with Crippen LogP contribution in [0, 0.1) is 0 Å². The Labute approximate surface area is 145 Å². The molecule has 4 rings (SSSR count). The van der Waals surface area contributed by atoms with Crippen molar-refractivity contribution >= 4 is 37.4 Å². The van der Waals surface area contributed by atoms with Crippen molar-refractivity contribution in [2.24, 2.45) is 4.40 Å². The molecule has 2 aliphatic carbocycles. The van der Waals surface area contributed by atoms with Gasteiger partial charge in [0.15, 0.2) is 0 Å². The lowest BCUT2D eigenvalue weighted by Gasteiger charge is -2.51. The summed E-state index contributed by atoms with van der Waals surface area (Å²) < 4.78 is 32.6. The van der Waals surface area contributed by atoms with Gasteiger partial charge in [0.2, 0.25) is 5.90 Å². The van der Waals surface area contributed by atoms with Crippen LogP contribution in [0.2, 0.25) is 5.02 Å². The zero-order valence-electron chi connectivity index (χ0n) is 12.5. The third-order valence-electron chi connectivity index (χ3n) is 5.66. The number of aryl methyl sites for hydroxylation is 1. The van der Waals surface area contributed by atoms with Gasteiger partial charge >= 0.3 is 9.24 Å². The van der Waals surface area contributed by atoms with E-state index in [9.17, 15) is 8.42 Å². The highest BCUT2D eigenvalue weighted by atomic mass is 35.7. The fourth-order valence-corrected chi connectivity index (χ4v) is 5.85. The minimum Gasteiger partial charge on any atom is -0.473 e. The van der Waals surface area contributed by atoms with E-state index in [2.05, 4.69) is 10.5 Å². The van der Waals surface area contributed by atoms with Crippen molar-refractivity contribution in [1.82, 2.24) is 0 Å². The maximum Gasteiger partial charge on any atom is 0.342 e. The molecule has 0 N–H and O–H groups in total. The number of halogens is 2. The van der Waals surface area contributed by atoms with Crippen LogP contribution in [0.15, 0.2) is 22.6 Å². The Bertz CT molecular complexity index is 808. The van der Waals surface area contributed by atoms with Gasteiger partial charge < -0.3 is 4.74 Å². The van der Waals surface area contributed by atoms with Gasteiger partial charge in [0.1, 0.15) is 5.60 Å². The molecule has 0 aromatic heterocycles. The molecule has 0 radical (unpaired) electrons. The highest BCUT2D eigenvalue weighted by Crippen LogP contribution is 2.61. The van der Waals surface area contributed by atoms with Crippen molar-refractivity contribution in [2.75, 3.05) is 0 Å². The first-order chi connectivity index (χ1) is 10.9. The van der Waals surface area contributed by atoms with Crippen LogP contribution in [-0.4, -0.2) is 19.9 Å². The monoisotopic (exact) mass is 373 g/mol. The van der Waals surface area contributed by atoms with Crippen LogP contribution in [0.5, 0.6) is 0 Å². The van der Waals surface area contributed by atoms with E-state index in [-0.39, 0.29) is 11.3 Å². The molecule has 0 amide bonds. The second-order valence-electron chi connectivity index (χ2n) is 6.73. The molecule has 0 bridgehead atoms. The summed E-state index contributed by atoms with van der Waals surface area (Å²) >= 11 is 6.56. The average Bonchev–Trinajstić information content (AvgIpc) is 2.79. The Kier molecular flexibility index (Phi) is 3.49. The smallest absolute Gasteiger partial charge is 0.342 e. The van der Waals surface area contributed by atoms with Gasteiger partial charge in [-0.1, -0.05) is 30.2 Å². The first kappa shape index (κ1) is 15.7. The number of nitrogens with zero attached hydrogens (tertiary/aromatic N) is 1. The van der Waals surface area contributed by atoms with Crippen molar-refractivity contribution in [1.29, 1.82) is 0 Å². The molecule has 124 valence electrons. The maximum atomic E-state index is 11.4. The average molecular weight is 374 g/mol. The first-order valence-electron chi connectivity index (χ1n) is 7.86. The predicted octanol–water partition coefficient (Wildman–Crippen LogP) is 4.14. The molecule has 1 saturated heterocycles. The number of fused-ring (bicyclic) bond motifs is 1. The summed E-state index contributed by atoms with van der Waals surface area (Å²) in [6, 6.07) is 6.00. The SMILES string of the molecule is O=S(=O)(Cl)/N=C1/CC23CCCCC2(CCc2cccc(Cl)c23)O1. The summed E-state index contributed by atoms with van der Waals surface area (Å²) in [6.45, 7) is 0. The predicted molar refractivity (Wildman–Crippen MR) is 90.6 cm³/mol. The lowest BCUT2D eigenvalue weighted by molar-refractivity contribution is -0.0323. The van der Waals surface area contributed by atoms with E-state index in [1.807, 2.05) is 12.1 Å². The molecule has 3 aliphatic rings. The van der Waals surface area contributed by atoms with Gasteiger partial charge in [-0.15, -0.1) is 4.40 Å². The Morgan fingerprint density at radius 1 is 1.17 bits per heavy atom. The van der Waals surface area contributed by atoms with E-state index < -0.39 is 14.8 Å². The normalized spacial score (nSPS) is 34.4. The highest BCUT2D eigenvalue weighted by molar-refractivity contribution is 8.12. The van der Waals surface area contributed by atoms with E-state index in [0.717, 1.165) is 49.1 Å². The van der Waals surface area contributed by atoms with Crippen LogP contribution in [-0.2, 0) is 25.8 Å². The fourth-order valence-electron chi connectivity index (χ4n) is 4.90.